The molecule has 5 heteroatoms. The Hall–Kier alpha value is -1.45. The van der Waals surface area contributed by atoms with E-state index in [1.807, 2.05) is 0 Å². The number of phenolic OH excluding ortho intramolecular Hbond substituents is 2. The van der Waals surface area contributed by atoms with Crippen molar-refractivity contribution in [3.05, 3.63) is 34.7 Å². The van der Waals surface area contributed by atoms with Crippen LogP contribution in [0.5, 0.6) is 11.5 Å². The minimum Gasteiger partial charge on any atom is -0.504 e. The van der Waals surface area contributed by atoms with E-state index in [1.54, 1.807) is 0 Å². The molecule has 0 spiro atoms. The van der Waals surface area contributed by atoms with Crippen LogP contribution in [-0.2, 0) is 17.1 Å². The van der Waals surface area contributed by atoms with Gasteiger partial charge in [0.25, 0.3) is 0 Å². The smallest absolute Gasteiger partial charge is 0.336 e. The van der Waals surface area contributed by atoms with Gasteiger partial charge in [0.2, 0.25) is 0 Å². The van der Waals surface area contributed by atoms with Gasteiger partial charge in [0, 0.05) is 34.6 Å². The third kappa shape index (κ3) is 1.73. The molecule has 0 saturated carbocycles. The Balaban J connectivity index is 0.000000980. The molecular formula is C9H6FeO4. The molecule has 4 nitrogen and oxygen atoms in total. The van der Waals surface area contributed by atoms with E-state index in [0.29, 0.717) is 5.39 Å². The fourth-order valence-corrected chi connectivity index (χ4v) is 1.09. The summed E-state index contributed by atoms with van der Waals surface area (Å²) in [5, 5.41) is 18.8. The zero-order chi connectivity index (χ0) is 9.42. The van der Waals surface area contributed by atoms with Crippen LogP contribution < -0.4 is 5.63 Å². The van der Waals surface area contributed by atoms with Gasteiger partial charge in [-0.25, -0.2) is 4.79 Å². The van der Waals surface area contributed by atoms with E-state index in [1.165, 1.54) is 24.3 Å². The van der Waals surface area contributed by atoms with Crippen LogP contribution >= 0.6 is 0 Å². The molecule has 2 aromatic rings. The summed E-state index contributed by atoms with van der Waals surface area (Å²) in [6.45, 7) is 0. The maximum absolute atomic E-state index is 10.8. The molecule has 2 N–H and O–H groups in total. The maximum Gasteiger partial charge on any atom is 0.336 e. The monoisotopic (exact) mass is 234 g/mol. The Morgan fingerprint density at radius 2 is 1.71 bits per heavy atom. The zero-order valence-electron chi connectivity index (χ0n) is 6.87. The van der Waals surface area contributed by atoms with Gasteiger partial charge < -0.3 is 14.6 Å². The van der Waals surface area contributed by atoms with E-state index in [9.17, 15) is 4.79 Å². The van der Waals surface area contributed by atoms with Gasteiger partial charge in [0.15, 0.2) is 11.5 Å². The summed E-state index contributed by atoms with van der Waals surface area (Å²) in [5.41, 5.74) is -0.236. The van der Waals surface area contributed by atoms with Gasteiger partial charge in [-0.05, 0) is 12.1 Å². The van der Waals surface area contributed by atoms with Crippen LogP contribution in [-0.4, -0.2) is 10.2 Å². The van der Waals surface area contributed by atoms with Crippen molar-refractivity contribution in [1.82, 2.24) is 0 Å². The van der Waals surface area contributed by atoms with E-state index in [-0.39, 0.29) is 34.2 Å². The SMILES string of the molecule is O=c1ccc2cc(O)c(O)cc2o1.[Fe]. The fourth-order valence-electron chi connectivity index (χ4n) is 1.09. The molecule has 14 heavy (non-hydrogen) atoms. The number of hydrogen-bond donors (Lipinski definition) is 2. The van der Waals surface area contributed by atoms with E-state index in [4.69, 9.17) is 14.6 Å². The van der Waals surface area contributed by atoms with Crippen LogP contribution in [0.1, 0.15) is 0 Å². The van der Waals surface area contributed by atoms with Crippen LogP contribution in [0.2, 0.25) is 0 Å². The molecule has 0 radical (unpaired) electrons. The second-order valence-electron chi connectivity index (χ2n) is 2.63. The predicted octanol–water partition coefficient (Wildman–Crippen LogP) is 1.20. The number of hydrogen-bond acceptors (Lipinski definition) is 4. The summed E-state index contributed by atoms with van der Waals surface area (Å²) in [6.07, 6.45) is 0. The van der Waals surface area contributed by atoms with Gasteiger partial charge in [0.05, 0.1) is 0 Å². The average Bonchev–Trinajstić information content (AvgIpc) is 2.08. The van der Waals surface area contributed by atoms with Gasteiger partial charge in [0.1, 0.15) is 5.58 Å². The summed E-state index contributed by atoms with van der Waals surface area (Å²) in [7, 11) is 0. The van der Waals surface area contributed by atoms with Crippen molar-refractivity contribution in [2.24, 2.45) is 0 Å². The van der Waals surface area contributed by atoms with E-state index < -0.39 is 5.63 Å². The van der Waals surface area contributed by atoms with Crippen molar-refractivity contribution >= 4 is 11.0 Å². The molecule has 0 saturated heterocycles. The molecule has 0 atom stereocenters. The van der Waals surface area contributed by atoms with Crippen molar-refractivity contribution in [1.29, 1.82) is 0 Å². The van der Waals surface area contributed by atoms with Gasteiger partial charge >= 0.3 is 5.63 Å². The molecule has 2 rings (SSSR count). The van der Waals surface area contributed by atoms with Crippen LogP contribution in [0.15, 0.2) is 33.5 Å². The number of rotatable bonds is 0. The third-order valence-corrected chi connectivity index (χ3v) is 1.72. The maximum atomic E-state index is 10.8. The Kier molecular flexibility index (Phi) is 2.84. The Labute approximate surface area is 89.3 Å². The van der Waals surface area contributed by atoms with Gasteiger partial charge in [-0.1, -0.05) is 0 Å². The topological polar surface area (TPSA) is 70.7 Å². The summed E-state index contributed by atoms with van der Waals surface area (Å²) >= 11 is 0. The molecule has 0 bridgehead atoms. The molecular weight excluding hydrogens is 228 g/mol. The van der Waals surface area contributed by atoms with Crippen molar-refractivity contribution in [3.63, 3.8) is 0 Å². The molecule has 0 fully saturated rings. The standard InChI is InChI=1S/C9H6O4.Fe/c10-6-3-5-1-2-9(12)13-8(5)4-7(6)11;/h1-4,10-11H;. The number of aromatic hydroxyl groups is 2. The molecule has 1 aromatic heterocycles. The first kappa shape index (κ1) is 10.6. The molecule has 0 aliphatic rings. The second kappa shape index (κ2) is 3.74. The Bertz CT molecular complexity index is 518. The van der Waals surface area contributed by atoms with Gasteiger partial charge in [-0.3, -0.25) is 0 Å². The van der Waals surface area contributed by atoms with E-state index >= 15 is 0 Å². The van der Waals surface area contributed by atoms with Gasteiger partial charge in [-0.15, -0.1) is 0 Å². The summed E-state index contributed by atoms with van der Waals surface area (Å²) in [6, 6.07) is 5.29. The van der Waals surface area contributed by atoms with Crippen LogP contribution in [0.25, 0.3) is 11.0 Å². The van der Waals surface area contributed by atoms with Crippen molar-refractivity contribution in [3.8, 4) is 11.5 Å². The molecule has 0 unspecified atom stereocenters. The normalized spacial score (nSPS) is 9.71. The van der Waals surface area contributed by atoms with E-state index in [0.717, 1.165) is 0 Å². The Morgan fingerprint density at radius 3 is 2.43 bits per heavy atom. The largest absolute Gasteiger partial charge is 0.504 e. The first-order valence-electron chi connectivity index (χ1n) is 3.62. The zero-order valence-corrected chi connectivity index (χ0v) is 7.98. The first-order valence-corrected chi connectivity index (χ1v) is 3.62. The van der Waals surface area contributed by atoms with E-state index in [2.05, 4.69) is 0 Å². The molecule has 1 aromatic carbocycles. The summed E-state index contributed by atoms with van der Waals surface area (Å²) < 4.78 is 4.77. The molecule has 0 amide bonds. The summed E-state index contributed by atoms with van der Waals surface area (Å²) in [5.74, 6) is -0.539. The second-order valence-corrected chi connectivity index (χ2v) is 2.63. The molecule has 0 aliphatic carbocycles. The molecule has 0 aliphatic heterocycles. The molecule has 1 heterocycles. The fraction of sp³-hybridized carbons (Fsp3) is 0. The average molecular weight is 234 g/mol. The van der Waals surface area contributed by atoms with Gasteiger partial charge in [-0.2, -0.15) is 0 Å². The quantitative estimate of drug-likeness (QED) is 0.408. The van der Waals surface area contributed by atoms with Crippen LogP contribution in [0.3, 0.4) is 0 Å². The van der Waals surface area contributed by atoms with Crippen molar-refractivity contribution in [2.75, 3.05) is 0 Å². The third-order valence-electron chi connectivity index (χ3n) is 1.72. The van der Waals surface area contributed by atoms with Crippen LogP contribution in [0.4, 0.5) is 0 Å². The number of phenols is 2. The van der Waals surface area contributed by atoms with Crippen molar-refractivity contribution < 1.29 is 31.7 Å². The molecule has 74 valence electrons. The Morgan fingerprint density at radius 1 is 1.07 bits per heavy atom. The van der Waals surface area contributed by atoms with Crippen molar-refractivity contribution in [2.45, 2.75) is 0 Å². The summed E-state index contributed by atoms with van der Waals surface area (Å²) in [4.78, 5) is 10.8. The minimum absolute atomic E-state index is 0. The van der Waals surface area contributed by atoms with Crippen LogP contribution in [0, 0.1) is 0 Å². The number of benzene rings is 1. The minimum atomic E-state index is -0.488. The predicted molar refractivity (Wildman–Crippen MR) is 45.8 cm³/mol. The number of fused-ring (bicyclic) bond motifs is 1. The first-order chi connectivity index (χ1) is 6.16.